The predicted molar refractivity (Wildman–Crippen MR) is 105 cm³/mol. The van der Waals surface area contributed by atoms with Gasteiger partial charge in [0.05, 0.1) is 6.10 Å². The van der Waals surface area contributed by atoms with Crippen molar-refractivity contribution in [1.29, 1.82) is 0 Å². The SMILES string of the molecule is Cc1c(OC(C)C)cccc1-c1nc2cc(-c3ccccc3F)cnc2[nH]1. The molecule has 0 radical (unpaired) electrons. The molecule has 2 aromatic carbocycles. The Morgan fingerprint density at radius 1 is 1.04 bits per heavy atom. The highest BCUT2D eigenvalue weighted by Crippen LogP contribution is 2.31. The van der Waals surface area contributed by atoms with Crippen molar-refractivity contribution < 1.29 is 9.13 Å². The number of imidazole rings is 1. The van der Waals surface area contributed by atoms with E-state index in [0.717, 1.165) is 22.7 Å². The third-order valence-electron chi connectivity index (χ3n) is 4.42. The zero-order valence-electron chi connectivity index (χ0n) is 15.5. The minimum absolute atomic E-state index is 0.0969. The number of hydrogen-bond acceptors (Lipinski definition) is 3. The average Bonchev–Trinajstić information content (AvgIpc) is 3.06. The van der Waals surface area contributed by atoms with Crippen LogP contribution >= 0.6 is 0 Å². The predicted octanol–water partition coefficient (Wildman–Crippen LogP) is 5.53. The summed E-state index contributed by atoms with van der Waals surface area (Å²) < 4.78 is 19.9. The fourth-order valence-corrected chi connectivity index (χ4v) is 3.12. The quantitative estimate of drug-likeness (QED) is 0.520. The first kappa shape index (κ1) is 17.2. The smallest absolute Gasteiger partial charge is 0.157 e. The molecule has 5 heteroatoms. The van der Waals surface area contributed by atoms with Gasteiger partial charge in [-0.3, -0.25) is 0 Å². The van der Waals surface area contributed by atoms with E-state index in [-0.39, 0.29) is 11.9 Å². The van der Waals surface area contributed by atoms with Crippen LogP contribution in [0.4, 0.5) is 4.39 Å². The first-order chi connectivity index (χ1) is 13.0. The Balaban J connectivity index is 1.78. The van der Waals surface area contributed by atoms with Crippen molar-refractivity contribution in [1.82, 2.24) is 15.0 Å². The molecular formula is C22H20FN3O. The van der Waals surface area contributed by atoms with Crippen molar-refractivity contribution >= 4 is 11.2 Å². The molecule has 0 saturated heterocycles. The van der Waals surface area contributed by atoms with Crippen LogP contribution in [-0.4, -0.2) is 21.1 Å². The number of fused-ring (bicyclic) bond motifs is 1. The highest BCUT2D eigenvalue weighted by molar-refractivity contribution is 5.81. The molecule has 2 aromatic heterocycles. The molecule has 0 aliphatic carbocycles. The lowest BCUT2D eigenvalue weighted by Crippen LogP contribution is -2.07. The first-order valence-electron chi connectivity index (χ1n) is 8.90. The van der Waals surface area contributed by atoms with E-state index in [2.05, 4.69) is 15.0 Å². The summed E-state index contributed by atoms with van der Waals surface area (Å²) in [6.07, 6.45) is 1.76. The zero-order chi connectivity index (χ0) is 19.0. The van der Waals surface area contributed by atoms with Crippen LogP contribution in [0.15, 0.2) is 54.7 Å². The van der Waals surface area contributed by atoms with Gasteiger partial charge in [0.25, 0.3) is 0 Å². The molecule has 0 aliphatic rings. The molecule has 4 rings (SSSR count). The van der Waals surface area contributed by atoms with Crippen molar-refractivity contribution in [2.75, 3.05) is 0 Å². The molecular weight excluding hydrogens is 341 g/mol. The fourth-order valence-electron chi connectivity index (χ4n) is 3.12. The molecule has 0 atom stereocenters. The minimum Gasteiger partial charge on any atom is -0.491 e. The van der Waals surface area contributed by atoms with Crippen LogP contribution in [0, 0.1) is 12.7 Å². The molecule has 27 heavy (non-hydrogen) atoms. The van der Waals surface area contributed by atoms with Gasteiger partial charge in [0, 0.05) is 28.5 Å². The largest absolute Gasteiger partial charge is 0.491 e. The van der Waals surface area contributed by atoms with E-state index in [1.165, 1.54) is 6.07 Å². The number of benzene rings is 2. The highest BCUT2D eigenvalue weighted by atomic mass is 19.1. The van der Waals surface area contributed by atoms with E-state index in [1.54, 1.807) is 18.3 Å². The average molecular weight is 361 g/mol. The van der Waals surface area contributed by atoms with Crippen molar-refractivity contribution in [2.45, 2.75) is 26.9 Å². The third-order valence-corrected chi connectivity index (χ3v) is 4.42. The van der Waals surface area contributed by atoms with E-state index in [1.807, 2.05) is 51.1 Å². The van der Waals surface area contributed by atoms with Crippen molar-refractivity contribution in [3.63, 3.8) is 0 Å². The molecule has 0 saturated carbocycles. The van der Waals surface area contributed by atoms with Gasteiger partial charge in [-0.25, -0.2) is 14.4 Å². The number of pyridine rings is 1. The summed E-state index contributed by atoms with van der Waals surface area (Å²) in [7, 11) is 0. The lowest BCUT2D eigenvalue weighted by Gasteiger charge is -2.14. The minimum atomic E-state index is -0.274. The van der Waals surface area contributed by atoms with Gasteiger partial charge in [-0.15, -0.1) is 0 Å². The van der Waals surface area contributed by atoms with Gasteiger partial charge in [-0.2, -0.15) is 0 Å². The van der Waals surface area contributed by atoms with Crippen LogP contribution in [0.2, 0.25) is 0 Å². The number of rotatable bonds is 4. The normalized spacial score (nSPS) is 11.3. The number of aromatic nitrogens is 3. The molecule has 4 nitrogen and oxygen atoms in total. The number of hydrogen-bond donors (Lipinski definition) is 1. The maximum Gasteiger partial charge on any atom is 0.157 e. The van der Waals surface area contributed by atoms with Gasteiger partial charge < -0.3 is 9.72 Å². The Morgan fingerprint density at radius 3 is 2.59 bits per heavy atom. The third kappa shape index (κ3) is 3.28. The van der Waals surface area contributed by atoms with Crippen molar-refractivity contribution in [2.24, 2.45) is 0 Å². The van der Waals surface area contributed by atoms with Crippen LogP contribution < -0.4 is 4.74 Å². The number of ether oxygens (including phenoxy) is 1. The van der Waals surface area contributed by atoms with E-state index >= 15 is 0 Å². The summed E-state index contributed by atoms with van der Waals surface area (Å²) >= 11 is 0. The Hall–Kier alpha value is -3.21. The van der Waals surface area contributed by atoms with Gasteiger partial charge in [0.1, 0.15) is 22.9 Å². The topological polar surface area (TPSA) is 50.8 Å². The summed E-state index contributed by atoms with van der Waals surface area (Å²) in [5.74, 6) is 1.28. The molecule has 0 aliphatic heterocycles. The molecule has 136 valence electrons. The molecule has 1 N–H and O–H groups in total. The Morgan fingerprint density at radius 2 is 1.81 bits per heavy atom. The van der Waals surface area contributed by atoms with Gasteiger partial charge in [0.2, 0.25) is 0 Å². The molecule has 0 bridgehead atoms. The van der Waals surface area contributed by atoms with Crippen LogP contribution in [0.5, 0.6) is 5.75 Å². The molecule has 0 unspecified atom stereocenters. The monoisotopic (exact) mass is 361 g/mol. The highest BCUT2D eigenvalue weighted by Gasteiger charge is 2.14. The lowest BCUT2D eigenvalue weighted by molar-refractivity contribution is 0.241. The maximum absolute atomic E-state index is 14.1. The van der Waals surface area contributed by atoms with Crippen LogP contribution in [0.25, 0.3) is 33.7 Å². The summed E-state index contributed by atoms with van der Waals surface area (Å²) in [6.45, 7) is 6.02. The van der Waals surface area contributed by atoms with Crippen molar-refractivity contribution in [3.8, 4) is 28.3 Å². The van der Waals surface area contributed by atoms with Gasteiger partial charge in [0.15, 0.2) is 5.65 Å². The fraction of sp³-hybridized carbons (Fsp3) is 0.182. The Bertz CT molecular complexity index is 1120. The second kappa shape index (κ2) is 6.83. The van der Waals surface area contributed by atoms with Gasteiger partial charge >= 0.3 is 0 Å². The summed E-state index contributed by atoms with van der Waals surface area (Å²) in [5, 5.41) is 0. The van der Waals surface area contributed by atoms with Crippen molar-refractivity contribution in [3.05, 3.63) is 66.1 Å². The van der Waals surface area contributed by atoms with Crippen LogP contribution in [0.1, 0.15) is 19.4 Å². The van der Waals surface area contributed by atoms with Crippen LogP contribution in [0.3, 0.4) is 0 Å². The van der Waals surface area contributed by atoms with Crippen LogP contribution in [-0.2, 0) is 0 Å². The second-order valence-electron chi connectivity index (χ2n) is 6.75. The van der Waals surface area contributed by atoms with E-state index < -0.39 is 0 Å². The van der Waals surface area contributed by atoms with Gasteiger partial charge in [-0.05, 0) is 39.0 Å². The van der Waals surface area contributed by atoms with E-state index in [9.17, 15) is 4.39 Å². The molecule has 2 heterocycles. The Labute approximate surface area is 157 Å². The number of nitrogens with one attached hydrogen (secondary N) is 1. The first-order valence-corrected chi connectivity index (χ1v) is 8.90. The lowest BCUT2D eigenvalue weighted by atomic mass is 10.1. The molecule has 4 aromatic rings. The zero-order valence-corrected chi connectivity index (χ0v) is 15.5. The van der Waals surface area contributed by atoms with E-state index in [4.69, 9.17) is 4.74 Å². The summed E-state index contributed by atoms with van der Waals surface area (Å²) in [6, 6.07) is 14.4. The number of H-pyrrole nitrogens is 1. The number of halogens is 1. The molecule has 0 amide bonds. The summed E-state index contributed by atoms with van der Waals surface area (Å²) in [4.78, 5) is 12.4. The maximum atomic E-state index is 14.1. The number of nitrogens with zero attached hydrogens (tertiary/aromatic N) is 2. The molecule has 0 fully saturated rings. The second-order valence-corrected chi connectivity index (χ2v) is 6.75. The summed E-state index contributed by atoms with van der Waals surface area (Å²) in [5.41, 5.74) is 4.55. The van der Waals surface area contributed by atoms with Gasteiger partial charge in [-0.1, -0.05) is 30.3 Å². The Kier molecular flexibility index (Phi) is 4.36. The molecule has 0 spiro atoms. The number of aromatic amines is 1. The van der Waals surface area contributed by atoms with E-state index in [0.29, 0.717) is 22.3 Å². The standard InChI is InChI=1S/C22H20FN3O/c1-13(2)27-20-10-6-8-16(14(20)3)21-25-19-11-15(12-24-22(19)26-21)17-7-4-5-9-18(17)23/h4-13H,1-3H3,(H,24,25,26).